The van der Waals surface area contributed by atoms with Gasteiger partial charge in [-0.25, -0.2) is 4.39 Å². The van der Waals surface area contributed by atoms with Crippen LogP contribution < -0.4 is 0 Å². The van der Waals surface area contributed by atoms with E-state index in [4.69, 9.17) is 5.11 Å². The van der Waals surface area contributed by atoms with Crippen molar-refractivity contribution in [2.75, 3.05) is 6.61 Å². The molecule has 0 bridgehead atoms. The predicted molar refractivity (Wildman–Crippen MR) is 54.2 cm³/mol. The Morgan fingerprint density at radius 3 is 2.62 bits per heavy atom. The van der Waals surface area contributed by atoms with Gasteiger partial charge in [0.05, 0.1) is 6.61 Å². The standard InChI is InChI=1S/C10H12BrFO/c1-10(2,6-13)8-5-7(12)3-4-9(8)11/h3-5,13H,6H2,1-2H3. The van der Waals surface area contributed by atoms with E-state index in [9.17, 15) is 4.39 Å². The van der Waals surface area contributed by atoms with Gasteiger partial charge < -0.3 is 5.11 Å². The molecule has 0 saturated heterocycles. The Kier molecular flexibility index (Phi) is 3.09. The Hall–Kier alpha value is -0.410. The minimum atomic E-state index is -0.416. The molecule has 1 aromatic rings. The monoisotopic (exact) mass is 246 g/mol. The highest BCUT2D eigenvalue weighted by Gasteiger charge is 2.22. The first-order valence-electron chi connectivity index (χ1n) is 4.04. The average molecular weight is 247 g/mol. The molecule has 0 aromatic heterocycles. The zero-order valence-electron chi connectivity index (χ0n) is 7.64. The average Bonchev–Trinajstić information content (AvgIpc) is 2.09. The minimum Gasteiger partial charge on any atom is -0.395 e. The van der Waals surface area contributed by atoms with Crippen molar-refractivity contribution in [1.29, 1.82) is 0 Å². The SMILES string of the molecule is CC(C)(CO)c1cc(F)ccc1Br. The van der Waals surface area contributed by atoms with Crippen LogP contribution in [0.4, 0.5) is 4.39 Å². The number of halogens is 2. The van der Waals surface area contributed by atoms with Crippen molar-refractivity contribution < 1.29 is 9.50 Å². The van der Waals surface area contributed by atoms with Crippen molar-refractivity contribution in [1.82, 2.24) is 0 Å². The van der Waals surface area contributed by atoms with E-state index in [0.29, 0.717) is 0 Å². The molecular weight excluding hydrogens is 235 g/mol. The van der Waals surface area contributed by atoms with E-state index in [1.165, 1.54) is 12.1 Å². The fraction of sp³-hybridized carbons (Fsp3) is 0.400. The van der Waals surface area contributed by atoms with Gasteiger partial charge in [-0.05, 0) is 23.8 Å². The van der Waals surface area contributed by atoms with Crippen molar-refractivity contribution >= 4 is 15.9 Å². The molecule has 3 heteroatoms. The summed E-state index contributed by atoms with van der Waals surface area (Å²) in [5.74, 6) is -0.278. The van der Waals surface area contributed by atoms with Crippen LogP contribution >= 0.6 is 15.9 Å². The third-order valence-corrected chi connectivity index (χ3v) is 2.74. The first kappa shape index (κ1) is 10.7. The van der Waals surface area contributed by atoms with Crippen molar-refractivity contribution in [3.63, 3.8) is 0 Å². The van der Waals surface area contributed by atoms with Gasteiger partial charge in [-0.15, -0.1) is 0 Å². The fourth-order valence-corrected chi connectivity index (χ4v) is 1.88. The Bertz CT molecular complexity index is 310. The highest BCUT2D eigenvalue weighted by Crippen LogP contribution is 2.30. The lowest BCUT2D eigenvalue weighted by molar-refractivity contribution is 0.217. The topological polar surface area (TPSA) is 20.2 Å². The molecule has 1 rings (SSSR count). The molecule has 0 aliphatic heterocycles. The molecule has 1 nitrogen and oxygen atoms in total. The van der Waals surface area contributed by atoms with Gasteiger partial charge >= 0.3 is 0 Å². The summed E-state index contributed by atoms with van der Waals surface area (Å²) in [7, 11) is 0. The van der Waals surface area contributed by atoms with E-state index in [1.54, 1.807) is 6.07 Å². The van der Waals surface area contributed by atoms with Gasteiger partial charge in [0.1, 0.15) is 5.82 Å². The molecule has 0 aliphatic rings. The minimum absolute atomic E-state index is 0.00491. The molecule has 0 saturated carbocycles. The highest BCUT2D eigenvalue weighted by molar-refractivity contribution is 9.10. The van der Waals surface area contributed by atoms with Gasteiger partial charge in [-0.3, -0.25) is 0 Å². The van der Waals surface area contributed by atoms with E-state index in [1.807, 2.05) is 13.8 Å². The van der Waals surface area contributed by atoms with Gasteiger partial charge in [0.15, 0.2) is 0 Å². The molecule has 0 aliphatic carbocycles. The van der Waals surface area contributed by atoms with Gasteiger partial charge in [-0.2, -0.15) is 0 Å². The summed E-state index contributed by atoms with van der Waals surface area (Å²) in [6.45, 7) is 3.73. The number of aliphatic hydroxyl groups is 1. The second-order valence-corrected chi connectivity index (χ2v) is 4.52. The lowest BCUT2D eigenvalue weighted by atomic mass is 9.86. The Morgan fingerprint density at radius 1 is 1.46 bits per heavy atom. The maximum Gasteiger partial charge on any atom is 0.123 e. The van der Waals surface area contributed by atoms with Crippen molar-refractivity contribution in [2.45, 2.75) is 19.3 Å². The fourth-order valence-electron chi connectivity index (χ4n) is 1.10. The van der Waals surface area contributed by atoms with Gasteiger partial charge in [0.2, 0.25) is 0 Å². The highest BCUT2D eigenvalue weighted by atomic mass is 79.9. The zero-order chi connectivity index (χ0) is 10.1. The van der Waals surface area contributed by atoms with Crippen LogP contribution in [0.1, 0.15) is 19.4 Å². The second-order valence-electron chi connectivity index (χ2n) is 3.67. The summed E-state index contributed by atoms with van der Waals surface area (Å²) >= 11 is 3.33. The number of benzene rings is 1. The van der Waals surface area contributed by atoms with Crippen LogP contribution in [0.25, 0.3) is 0 Å². The van der Waals surface area contributed by atoms with Crippen LogP contribution in [-0.4, -0.2) is 11.7 Å². The Morgan fingerprint density at radius 2 is 2.08 bits per heavy atom. The molecular formula is C10H12BrFO. The normalized spacial score (nSPS) is 11.8. The van der Waals surface area contributed by atoms with Gasteiger partial charge in [0, 0.05) is 9.89 Å². The van der Waals surface area contributed by atoms with E-state index < -0.39 is 5.41 Å². The number of hydrogen-bond acceptors (Lipinski definition) is 1. The van der Waals surface area contributed by atoms with Crippen molar-refractivity contribution in [3.8, 4) is 0 Å². The summed E-state index contributed by atoms with van der Waals surface area (Å²) < 4.78 is 13.7. The molecule has 0 spiro atoms. The molecule has 0 radical (unpaired) electrons. The number of rotatable bonds is 2. The van der Waals surface area contributed by atoms with E-state index >= 15 is 0 Å². The van der Waals surface area contributed by atoms with Gasteiger partial charge in [-0.1, -0.05) is 29.8 Å². The summed E-state index contributed by atoms with van der Waals surface area (Å²) in [5, 5.41) is 9.12. The second kappa shape index (κ2) is 3.76. The molecule has 0 atom stereocenters. The van der Waals surface area contributed by atoms with Crippen LogP contribution in [0, 0.1) is 5.82 Å². The Balaban J connectivity index is 3.20. The zero-order valence-corrected chi connectivity index (χ0v) is 9.23. The third-order valence-electron chi connectivity index (χ3n) is 2.05. The molecule has 72 valence electrons. The quantitative estimate of drug-likeness (QED) is 0.851. The smallest absolute Gasteiger partial charge is 0.123 e. The van der Waals surface area contributed by atoms with Crippen LogP contribution in [-0.2, 0) is 5.41 Å². The van der Waals surface area contributed by atoms with Crippen molar-refractivity contribution in [3.05, 3.63) is 34.1 Å². The first-order chi connectivity index (χ1) is 5.97. The lowest BCUT2D eigenvalue weighted by Crippen LogP contribution is -2.22. The maximum absolute atomic E-state index is 12.9. The summed E-state index contributed by atoms with van der Waals surface area (Å²) in [6.07, 6.45) is 0. The molecule has 13 heavy (non-hydrogen) atoms. The summed E-state index contributed by atoms with van der Waals surface area (Å²) in [4.78, 5) is 0. The molecule has 0 unspecified atom stereocenters. The molecule has 0 amide bonds. The first-order valence-corrected chi connectivity index (χ1v) is 4.83. The molecule has 1 N–H and O–H groups in total. The summed E-state index contributed by atoms with van der Waals surface area (Å²) in [6, 6.07) is 4.49. The lowest BCUT2D eigenvalue weighted by Gasteiger charge is -2.23. The van der Waals surface area contributed by atoms with Gasteiger partial charge in [0.25, 0.3) is 0 Å². The Labute approximate surface area is 85.7 Å². The molecule has 1 aromatic carbocycles. The predicted octanol–water partition coefficient (Wildman–Crippen LogP) is 2.86. The largest absolute Gasteiger partial charge is 0.395 e. The van der Waals surface area contributed by atoms with E-state index in [2.05, 4.69) is 15.9 Å². The number of aliphatic hydroxyl groups excluding tert-OH is 1. The molecule has 0 fully saturated rings. The molecule has 0 heterocycles. The number of hydrogen-bond donors (Lipinski definition) is 1. The van der Waals surface area contributed by atoms with E-state index in [-0.39, 0.29) is 12.4 Å². The maximum atomic E-state index is 12.9. The van der Waals surface area contributed by atoms with Crippen LogP contribution in [0.5, 0.6) is 0 Å². The van der Waals surface area contributed by atoms with Crippen LogP contribution in [0.15, 0.2) is 22.7 Å². The third kappa shape index (κ3) is 2.29. The van der Waals surface area contributed by atoms with Crippen molar-refractivity contribution in [2.24, 2.45) is 0 Å². The van der Waals surface area contributed by atoms with E-state index in [0.717, 1.165) is 10.0 Å². The summed E-state index contributed by atoms with van der Waals surface area (Å²) in [5.41, 5.74) is 0.371. The van der Waals surface area contributed by atoms with Crippen LogP contribution in [0.2, 0.25) is 0 Å². The van der Waals surface area contributed by atoms with Crippen LogP contribution in [0.3, 0.4) is 0 Å².